The fraction of sp³-hybridized carbons (Fsp3) is 0.364. The normalized spacial score (nSPS) is 14.4. The van der Waals surface area contributed by atoms with Gasteiger partial charge in [0.2, 0.25) is 0 Å². The van der Waals surface area contributed by atoms with Crippen LogP contribution in [0, 0.1) is 0 Å². The highest BCUT2D eigenvalue weighted by Crippen LogP contribution is 2.25. The molecular weight excluding hydrogens is 455 g/mol. The number of methoxy groups -OCH3 is 1. The number of benzene rings is 1. The van der Waals surface area contributed by atoms with Gasteiger partial charge in [0, 0.05) is 32.7 Å². The zero-order valence-electron chi connectivity index (χ0n) is 18.4. The largest absolute Gasteiger partial charge is 0.490 e. The maximum absolute atomic E-state index is 11.8. The van der Waals surface area contributed by atoms with E-state index in [1.165, 1.54) is 19.0 Å². The molecule has 1 aliphatic heterocycles. The van der Waals surface area contributed by atoms with Gasteiger partial charge in [0.15, 0.2) is 0 Å². The van der Waals surface area contributed by atoms with Gasteiger partial charge in [0.05, 0.1) is 12.5 Å². The first-order valence-corrected chi connectivity index (χ1v) is 10.4. The van der Waals surface area contributed by atoms with E-state index in [0.29, 0.717) is 11.3 Å². The number of nitrogens with zero attached hydrogens (tertiary/aromatic N) is 4. The molecule has 2 N–H and O–H groups in total. The molecule has 0 spiro atoms. The molecule has 4 rings (SSSR count). The number of carboxylic acids is 1. The average molecular weight is 479 g/mol. The van der Waals surface area contributed by atoms with Gasteiger partial charge in [-0.05, 0) is 18.1 Å². The maximum atomic E-state index is 11.8. The predicted octanol–water partition coefficient (Wildman–Crippen LogP) is 2.74. The van der Waals surface area contributed by atoms with Crippen molar-refractivity contribution in [2.24, 2.45) is 0 Å². The first-order valence-electron chi connectivity index (χ1n) is 10.4. The summed E-state index contributed by atoms with van der Waals surface area (Å²) in [6.07, 6.45) is -2.48. The Morgan fingerprint density at radius 2 is 1.76 bits per heavy atom. The topological polar surface area (TPSA) is 112 Å². The van der Waals surface area contributed by atoms with E-state index in [1.807, 2.05) is 0 Å². The number of hydrogen-bond donors (Lipinski definition) is 2. The van der Waals surface area contributed by atoms with E-state index in [2.05, 4.69) is 55.1 Å². The quantitative estimate of drug-likeness (QED) is 0.538. The summed E-state index contributed by atoms with van der Waals surface area (Å²) in [5.74, 6) is -2.29. The minimum atomic E-state index is -5.08. The number of H-pyrrole nitrogens is 1. The highest BCUT2D eigenvalue weighted by atomic mass is 19.4. The molecular formula is C22H24F3N5O4. The molecule has 1 aliphatic rings. The molecule has 0 radical (unpaired) electrons. The molecule has 9 nitrogen and oxygen atoms in total. The minimum absolute atomic E-state index is 0.398. The first-order chi connectivity index (χ1) is 16.2. The summed E-state index contributed by atoms with van der Waals surface area (Å²) in [4.78, 5) is 37.1. The molecule has 2 aromatic heterocycles. The number of hydrogen-bond acceptors (Lipinski definition) is 7. The van der Waals surface area contributed by atoms with Gasteiger partial charge in [0.1, 0.15) is 23.5 Å². The van der Waals surface area contributed by atoms with Crippen LogP contribution in [-0.2, 0) is 16.0 Å². The molecule has 0 aliphatic carbocycles. The van der Waals surface area contributed by atoms with Crippen LogP contribution in [-0.4, -0.2) is 82.9 Å². The minimum Gasteiger partial charge on any atom is -0.475 e. The molecule has 1 aromatic carbocycles. The molecule has 0 atom stereocenters. The van der Waals surface area contributed by atoms with Crippen molar-refractivity contribution < 1.29 is 32.6 Å². The number of carbonyl (C=O) groups excluding carboxylic acids is 1. The number of ether oxygens (including phenoxy) is 1. The van der Waals surface area contributed by atoms with Gasteiger partial charge in [-0.1, -0.05) is 30.3 Å². The summed E-state index contributed by atoms with van der Waals surface area (Å²) in [6.45, 7) is 4.85. The second-order valence-electron chi connectivity index (χ2n) is 7.50. The van der Waals surface area contributed by atoms with Crippen LogP contribution in [0.2, 0.25) is 0 Å². The lowest BCUT2D eigenvalue weighted by Crippen LogP contribution is -2.47. The molecule has 34 heavy (non-hydrogen) atoms. The lowest BCUT2D eigenvalue weighted by atomic mass is 10.1. The molecule has 1 fully saturated rings. The van der Waals surface area contributed by atoms with Crippen LogP contribution in [0.25, 0.3) is 11.0 Å². The van der Waals surface area contributed by atoms with Crippen LogP contribution in [0.3, 0.4) is 0 Å². The number of nitrogens with one attached hydrogen (secondary N) is 1. The van der Waals surface area contributed by atoms with Gasteiger partial charge >= 0.3 is 18.1 Å². The van der Waals surface area contributed by atoms with Crippen molar-refractivity contribution in [3.63, 3.8) is 0 Å². The zero-order valence-corrected chi connectivity index (χ0v) is 18.4. The molecule has 0 bridgehead atoms. The third-order valence-corrected chi connectivity index (χ3v) is 5.28. The van der Waals surface area contributed by atoms with Crippen LogP contribution in [0.15, 0.2) is 42.7 Å². The Hall–Kier alpha value is -3.67. The predicted molar refractivity (Wildman–Crippen MR) is 118 cm³/mol. The van der Waals surface area contributed by atoms with E-state index in [9.17, 15) is 18.0 Å². The lowest BCUT2D eigenvalue weighted by molar-refractivity contribution is -0.192. The smallest absolute Gasteiger partial charge is 0.475 e. The molecule has 1 saturated heterocycles. The van der Waals surface area contributed by atoms with Gasteiger partial charge < -0.3 is 19.7 Å². The second-order valence-corrected chi connectivity index (χ2v) is 7.50. The summed E-state index contributed by atoms with van der Waals surface area (Å²) in [5, 5.41) is 7.98. The average Bonchev–Trinajstić information content (AvgIpc) is 3.28. The van der Waals surface area contributed by atoms with Crippen LogP contribution in [0.1, 0.15) is 16.1 Å². The molecule has 0 amide bonds. The van der Waals surface area contributed by atoms with Crippen molar-refractivity contribution in [1.29, 1.82) is 0 Å². The van der Waals surface area contributed by atoms with E-state index in [0.717, 1.165) is 50.3 Å². The van der Waals surface area contributed by atoms with E-state index < -0.39 is 18.1 Å². The number of piperazine rings is 1. The number of alkyl halides is 3. The third kappa shape index (κ3) is 6.44. The Morgan fingerprint density at radius 3 is 2.35 bits per heavy atom. The van der Waals surface area contributed by atoms with Crippen molar-refractivity contribution in [2.45, 2.75) is 12.6 Å². The van der Waals surface area contributed by atoms with Crippen molar-refractivity contribution in [2.75, 3.05) is 44.7 Å². The molecule has 3 aromatic rings. The molecule has 12 heteroatoms. The number of aromatic nitrogens is 3. The number of halogens is 3. The van der Waals surface area contributed by atoms with Crippen LogP contribution in [0.5, 0.6) is 0 Å². The summed E-state index contributed by atoms with van der Waals surface area (Å²) >= 11 is 0. The van der Waals surface area contributed by atoms with Gasteiger partial charge in [-0.2, -0.15) is 13.2 Å². The summed E-state index contributed by atoms with van der Waals surface area (Å²) in [6, 6.07) is 12.4. The Morgan fingerprint density at radius 1 is 1.12 bits per heavy atom. The van der Waals surface area contributed by atoms with E-state index in [1.54, 1.807) is 6.07 Å². The molecule has 3 heterocycles. The molecule has 0 saturated carbocycles. The maximum Gasteiger partial charge on any atom is 0.490 e. The lowest BCUT2D eigenvalue weighted by Gasteiger charge is -2.35. The summed E-state index contributed by atoms with van der Waals surface area (Å²) in [5.41, 5.74) is 2.43. The number of aromatic amines is 1. The van der Waals surface area contributed by atoms with E-state index in [4.69, 9.17) is 14.6 Å². The van der Waals surface area contributed by atoms with E-state index >= 15 is 0 Å². The summed E-state index contributed by atoms with van der Waals surface area (Å²) in [7, 11) is 1.37. The highest BCUT2D eigenvalue weighted by Gasteiger charge is 2.38. The summed E-state index contributed by atoms with van der Waals surface area (Å²) < 4.78 is 36.5. The Bertz CT molecular complexity index is 1110. The number of carbonyl (C=O) groups is 2. The first kappa shape index (κ1) is 25.0. The fourth-order valence-corrected chi connectivity index (χ4v) is 3.51. The van der Waals surface area contributed by atoms with Crippen LogP contribution >= 0.6 is 0 Å². The van der Waals surface area contributed by atoms with Crippen molar-refractivity contribution in [3.8, 4) is 0 Å². The Balaban J connectivity index is 0.000000406. The number of esters is 1. The number of fused-ring (bicyclic) bond motifs is 1. The van der Waals surface area contributed by atoms with Crippen LogP contribution < -0.4 is 4.90 Å². The number of carboxylic acid groups (broad SMARTS) is 1. The second kappa shape index (κ2) is 11.0. The van der Waals surface area contributed by atoms with Crippen molar-refractivity contribution >= 4 is 28.8 Å². The fourth-order valence-electron chi connectivity index (χ4n) is 3.51. The molecule has 0 unspecified atom stereocenters. The van der Waals surface area contributed by atoms with Gasteiger partial charge in [0.25, 0.3) is 0 Å². The Kier molecular flexibility index (Phi) is 8.05. The Labute approximate surface area is 193 Å². The van der Waals surface area contributed by atoms with Gasteiger partial charge in [-0.3, -0.25) is 4.90 Å². The van der Waals surface area contributed by atoms with Crippen molar-refractivity contribution in [3.05, 3.63) is 54.0 Å². The van der Waals surface area contributed by atoms with Crippen molar-refractivity contribution in [1.82, 2.24) is 19.9 Å². The van der Waals surface area contributed by atoms with Crippen LogP contribution in [0.4, 0.5) is 19.0 Å². The van der Waals surface area contributed by atoms with Gasteiger partial charge in [-0.25, -0.2) is 19.6 Å². The zero-order chi connectivity index (χ0) is 24.7. The molecule has 182 valence electrons. The van der Waals surface area contributed by atoms with Gasteiger partial charge in [-0.15, -0.1) is 0 Å². The standard InChI is InChI=1S/C20H23N5O2.C2HF3O2/c1-27-20(26)17-13-16-18(23-17)21-14-22-19(16)25-11-9-24(10-12-25)8-7-15-5-3-2-4-6-15;3-2(4,5)1(6)7/h2-6,13-14H,7-12H2,1H3,(H,21,22,23);(H,6,7). The highest BCUT2D eigenvalue weighted by molar-refractivity contribution is 5.97. The SMILES string of the molecule is COC(=O)c1cc2c(N3CCN(CCc4ccccc4)CC3)ncnc2[nH]1.O=C(O)C(F)(F)F. The monoisotopic (exact) mass is 479 g/mol. The number of anilines is 1. The number of aliphatic carboxylic acids is 1. The number of rotatable bonds is 5. The van der Waals surface area contributed by atoms with E-state index in [-0.39, 0.29) is 0 Å². The third-order valence-electron chi connectivity index (χ3n) is 5.28.